The first kappa shape index (κ1) is 26.9. The van der Waals surface area contributed by atoms with Crippen molar-refractivity contribution in [2.75, 3.05) is 18.0 Å². The lowest BCUT2D eigenvalue weighted by Crippen LogP contribution is -2.39. The van der Waals surface area contributed by atoms with E-state index in [9.17, 15) is 31.1 Å². The number of halogens is 6. The van der Waals surface area contributed by atoms with Gasteiger partial charge in [-0.15, -0.1) is 4.37 Å². The number of amides is 1. The molecule has 1 fully saturated rings. The Labute approximate surface area is 212 Å². The first-order chi connectivity index (χ1) is 17.4. The van der Waals surface area contributed by atoms with E-state index in [0.29, 0.717) is 43.4 Å². The number of ether oxygens (including phenoxy) is 1. The number of carbonyl (C=O) groups is 1. The van der Waals surface area contributed by atoms with Crippen molar-refractivity contribution in [3.8, 4) is 5.88 Å². The topological polar surface area (TPSA) is 80.2 Å². The summed E-state index contributed by atoms with van der Waals surface area (Å²) >= 11 is 0.954. The number of hydrogen-bond acceptors (Lipinski definition) is 7. The molecule has 0 spiro atoms. The molecule has 1 N–H and O–H groups in total. The number of pyridine rings is 1. The normalized spacial score (nSPS) is 22.5. The molecule has 7 nitrogen and oxygen atoms in total. The quantitative estimate of drug-likeness (QED) is 0.500. The molecule has 0 aromatic carbocycles. The first-order valence-electron chi connectivity index (χ1n) is 11.4. The van der Waals surface area contributed by atoms with Crippen LogP contribution in [-0.2, 0) is 11.4 Å². The lowest BCUT2D eigenvalue weighted by atomic mass is 9.78. The van der Waals surface area contributed by atoms with E-state index in [1.54, 1.807) is 24.5 Å². The summed E-state index contributed by atoms with van der Waals surface area (Å²) in [6, 6.07) is 3.16. The van der Waals surface area contributed by atoms with E-state index < -0.39 is 53.7 Å². The third-order valence-corrected chi connectivity index (χ3v) is 6.68. The molecule has 1 saturated heterocycles. The lowest BCUT2D eigenvalue weighted by Gasteiger charge is -2.31. The number of carbonyl (C=O) groups excluding carboxylic acids is 1. The van der Waals surface area contributed by atoms with E-state index in [1.807, 2.05) is 4.90 Å². The van der Waals surface area contributed by atoms with Crippen molar-refractivity contribution in [3.05, 3.63) is 53.4 Å². The molecule has 0 bridgehead atoms. The molecule has 37 heavy (non-hydrogen) atoms. The van der Waals surface area contributed by atoms with Gasteiger partial charge in [0, 0.05) is 37.9 Å². The van der Waals surface area contributed by atoms with Crippen LogP contribution in [-0.4, -0.2) is 51.1 Å². The summed E-state index contributed by atoms with van der Waals surface area (Å²) in [4.78, 5) is 18.4. The fourth-order valence-corrected chi connectivity index (χ4v) is 5.05. The number of anilines is 1. The third-order valence-electron chi connectivity index (χ3n) is 6.17. The number of aromatic nitrogens is 3. The minimum atomic E-state index is -4.81. The van der Waals surface area contributed by atoms with Crippen LogP contribution in [0.3, 0.4) is 0 Å². The molecule has 1 amide bonds. The van der Waals surface area contributed by atoms with Crippen molar-refractivity contribution in [2.45, 2.75) is 44.8 Å². The molecule has 3 unspecified atom stereocenters. The van der Waals surface area contributed by atoms with Gasteiger partial charge in [0.05, 0.1) is 23.2 Å². The van der Waals surface area contributed by atoms with Crippen molar-refractivity contribution in [3.63, 3.8) is 0 Å². The van der Waals surface area contributed by atoms with Crippen LogP contribution in [0.15, 0.2) is 47.8 Å². The molecule has 3 heterocycles. The Morgan fingerprint density at radius 3 is 2.59 bits per heavy atom. The highest BCUT2D eigenvalue weighted by atomic mass is 32.1. The van der Waals surface area contributed by atoms with Gasteiger partial charge in [-0.05, 0) is 41.7 Å². The number of nitrogens with one attached hydrogen (secondary N) is 1. The van der Waals surface area contributed by atoms with Crippen LogP contribution >= 0.6 is 11.7 Å². The zero-order valence-electron chi connectivity index (χ0n) is 19.5. The fraction of sp³-hybridized carbons (Fsp3) is 0.478. The second-order valence-corrected chi connectivity index (χ2v) is 9.46. The average Bonchev–Trinajstić information content (AvgIpc) is 3.45. The van der Waals surface area contributed by atoms with Gasteiger partial charge in [0.15, 0.2) is 0 Å². The highest BCUT2D eigenvalue weighted by Crippen LogP contribution is 2.45. The molecular weight excluding hydrogens is 524 g/mol. The molecule has 3 atom stereocenters. The Balaban J connectivity index is 1.38. The van der Waals surface area contributed by atoms with Gasteiger partial charge >= 0.3 is 12.4 Å². The van der Waals surface area contributed by atoms with E-state index in [0.717, 1.165) is 24.2 Å². The summed E-state index contributed by atoms with van der Waals surface area (Å²) in [5, 5.41) is 2.65. The number of allylic oxidation sites excluding steroid dienone is 3. The van der Waals surface area contributed by atoms with Crippen molar-refractivity contribution in [2.24, 2.45) is 11.8 Å². The van der Waals surface area contributed by atoms with Crippen LogP contribution in [0.4, 0.5) is 32.2 Å². The van der Waals surface area contributed by atoms with Crippen molar-refractivity contribution in [1.82, 2.24) is 19.0 Å². The van der Waals surface area contributed by atoms with Crippen LogP contribution in [0.5, 0.6) is 5.88 Å². The van der Waals surface area contributed by atoms with Gasteiger partial charge in [-0.2, -0.15) is 30.7 Å². The second-order valence-electron chi connectivity index (χ2n) is 8.93. The Hall–Kier alpha value is -3.16. The van der Waals surface area contributed by atoms with Crippen LogP contribution in [0.25, 0.3) is 0 Å². The number of hydrogen-bond donors (Lipinski definition) is 1. The molecule has 4 rings (SSSR count). The Morgan fingerprint density at radius 2 is 1.92 bits per heavy atom. The van der Waals surface area contributed by atoms with Gasteiger partial charge in [0.2, 0.25) is 11.7 Å². The summed E-state index contributed by atoms with van der Waals surface area (Å²) in [6.45, 7) is 2.10. The van der Waals surface area contributed by atoms with E-state index >= 15 is 0 Å². The molecule has 2 aliphatic rings. The van der Waals surface area contributed by atoms with E-state index in [1.165, 1.54) is 0 Å². The lowest BCUT2D eigenvalue weighted by molar-refractivity contribution is -0.174. The standard InChI is InChI=1S/C23H23F6N5O2S/c1-13-8-16(22(24,25)26)9-15(19(13)23(27,28)29)10-18(35)31-17-4-7-34(11-17)20-21(33-37-32-20)36-12-14-2-5-30-6-3-14/h2-3,5-6,8-9,13,17,19H,4,7,10-12H2,1H3,(H,31,35). The summed E-state index contributed by atoms with van der Waals surface area (Å²) < 4.78 is 94.7. The first-order valence-corrected chi connectivity index (χ1v) is 12.1. The highest BCUT2D eigenvalue weighted by molar-refractivity contribution is 6.99. The molecule has 200 valence electrons. The Morgan fingerprint density at radius 1 is 1.19 bits per heavy atom. The molecule has 1 aliphatic heterocycles. The summed E-state index contributed by atoms with van der Waals surface area (Å²) in [5.41, 5.74) is -0.893. The van der Waals surface area contributed by atoms with Crippen LogP contribution in [0.2, 0.25) is 0 Å². The number of nitrogens with zero attached hydrogens (tertiary/aromatic N) is 4. The monoisotopic (exact) mass is 547 g/mol. The second kappa shape index (κ2) is 10.7. The predicted molar refractivity (Wildman–Crippen MR) is 123 cm³/mol. The maximum absolute atomic E-state index is 13.6. The largest absolute Gasteiger partial charge is 0.470 e. The maximum atomic E-state index is 13.6. The van der Waals surface area contributed by atoms with Gasteiger partial charge in [0.1, 0.15) is 6.61 Å². The zero-order chi connectivity index (χ0) is 26.8. The smallest absolute Gasteiger partial charge is 0.416 e. The molecule has 2 aromatic heterocycles. The van der Waals surface area contributed by atoms with Gasteiger partial charge in [-0.3, -0.25) is 9.78 Å². The van der Waals surface area contributed by atoms with Gasteiger partial charge in [-0.25, -0.2) is 0 Å². The molecule has 0 radical (unpaired) electrons. The fourth-order valence-electron chi connectivity index (χ4n) is 4.53. The zero-order valence-corrected chi connectivity index (χ0v) is 20.3. The van der Waals surface area contributed by atoms with E-state index in [-0.39, 0.29) is 6.61 Å². The summed E-state index contributed by atoms with van der Waals surface area (Å²) in [6.07, 6.45) is -5.63. The molecule has 14 heteroatoms. The van der Waals surface area contributed by atoms with Gasteiger partial charge in [0.25, 0.3) is 5.88 Å². The predicted octanol–water partition coefficient (Wildman–Crippen LogP) is 4.84. The van der Waals surface area contributed by atoms with Crippen molar-refractivity contribution >= 4 is 23.5 Å². The minimum Gasteiger partial charge on any atom is -0.470 e. The average molecular weight is 548 g/mol. The van der Waals surface area contributed by atoms with Crippen molar-refractivity contribution in [1.29, 1.82) is 0 Å². The molecular formula is C23H23F6N5O2S. The molecule has 2 aromatic rings. The number of rotatable bonds is 7. The van der Waals surface area contributed by atoms with Crippen LogP contribution < -0.4 is 15.0 Å². The Kier molecular flexibility index (Phi) is 7.76. The van der Waals surface area contributed by atoms with E-state index in [2.05, 4.69) is 19.0 Å². The third kappa shape index (κ3) is 6.59. The summed E-state index contributed by atoms with van der Waals surface area (Å²) in [5.74, 6) is -3.58. The van der Waals surface area contributed by atoms with Crippen molar-refractivity contribution < 1.29 is 35.9 Å². The Bertz CT molecular complexity index is 1160. The number of alkyl halides is 6. The van der Waals surface area contributed by atoms with Gasteiger partial charge < -0.3 is 15.0 Å². The van der Waals surface area contributed by atoms with Crippen LogP contribution in [0, 0.1) is 11.8 Å². The van der Waals surface area contributed by atoms with Crippen LogP contribution in [0.1, 0.15) is 25.3 Å². The highest BCUT2D eigenvalue weighted by Gasteiger charge is 2.48. The summed E-state index contributed by atoms with van der Waals surface area (Å²) in [7, 11) is 0. The molecule has 1 aliphatic carbocycles. The molecule has 0 saturated carbocycles. The van der Waals surface area contributed by atoms with E-state index in [4.69, 9.17) is 4.74 Å². The minimum absolute atomic E-state index is 0.247. The SMILES string of the molecule is CC1C=C(C(F)(F)F)C=C(CC(=O)NC2CCN(c3nsnc3OCc3ccncc3)C2)C1C(F)(F)F. The maximum Gasteiger partial charge on any atom is 0.416 e. The van der Waals surface area contributed by atoms with Gasteiger partial charge in [-0.1, -0.05) is 13.0 Å².